The zero-order valence-electron chi connectivity index (χ0n) is 11.9. The Morgan fingerprint density at radius 3 is 2.21 bits per heavy atom. The fraction of sp³-hybridized carbons (Fsp3) is 0.923. The van der Waals surface area contributed by atoms with E-state index in [-0.39, 0.29) is 5.91 Å². The topological polar surface area (TPSA) is 82.4 Å². The molecule has 0 aromatic carbocycles. The lowest BCUT2D eigenvalue weighted by molar-refractivity contribution is -0.118. The molecule has 1 fully saturated rings. The molecule has 6 heteroatoms. The zero-order chi connectivity index (χ0) is 13.8. The van der Waals surface area contributed by atoms with Crippen molar-refractivity contribution >= 4 is 5.91 Å². The molecular formula is C13H29N5O. The Labute approximate surface area is 116 Å². The number of nitrogens with zero attached hydrogens (tertiary/aromatic N) is 1. The third-order valence-corrected chi connectivity index (χ3v) is 3.29. The normalized spacial score (nSPS) is 21.7. The molecule has 1 amide bonds. The van der Waals surface area contributed by atoms with E-state index in [9.17, 15) is 4.79 Å². The van der Waals surface area contributed by atoms with Gasteiger partial charge in [0.1, 0.15) is 0 Å². The highest BCUT2D eigenvalue weighted by Crippen LogP contribution is 1.94. The van der Waals surface area contributed by atoms with Gasteiger partial charge in [-0.2, -0.15) is 0 Å². The Morgan fingerprint density at radius 2 is 1.53 bits per heavy atom. The maximum atomic E-state index is 10.9. The smallest absolute Gasteiger partial charge is 0.218 e. The highest BCUT2D eigenvalue weighted by Gasteiger charge is 2.06. The van der Waals surface area contributed by atoms with Gasteiger partial charge in [0.2, 0.25) is 5.91 Å². The van der Waals surface area contributed by atoms with Crippen LogP contribution < -0.4 is 21.7 Å². The van der Waals surface area contributed by atoms with Gasteiger partial charge < -0.3 is 26.6 Å². The van der Waals surface area contributed by atoms with Crippen LogP contribution in [0.5, 0.6) is 0 Å². The Kier molecular flexibility index (Phi) is 9.61. The third kappa shape index (κ3) is 9.84. The number of amides is 1. The molecule has 1 aliphatic heterocycles. The molecule has 0 aliphatic carbocycles. The van der Waals surface area contributed by atoms with Gasteiger partial charge >= 0.3 is 0 Å². The summed E-state index contributed by atoms with van der Waals surface area (Å²) < 4.78 is 0. The van der Waals surface area contributed by atoms with E-state index in [1.807, 2.05) is 0 Å². The minimum Gasteiger partial charge on any atom is -0.370 e. The van der Waals surface area contributed by atoms with Crippen molar-refractivity contribution in [3.63, 3.8) is 0 Å². The maximum Gasteiger partial charge on any atom is 0.218 e. The van der Waals surface area contributed by atoms with Crippen LogP contribution in [0.25, 0.3) is 0 Å². The second-order valence-electron chi connectivity index (χ2n) is 5.02. The number of hydrogen-bond donors (Lipinski definition) is 4. The molecule has 0 atom stereocenters. The van der Waals surface area contributed by atoms with Crippen molar-refractivity contribution in [1.82, 2.24) is 20.9 Å². The summed E-state index contributed by atoms with van der Waals surface area (Å²) in [4.78, 5) is 13.2. The lowest BCUT2D eigenvalue weighted by atomic mass is 10.3. The van der Waals surface area contributed by atoms with Gasteiger partial charge in [0, 0.05) is 39.1 Å². The summed E-state index contributed by atoms with van der Waals surface area (Å²) in [6.07, 6.45) is 2.72. The Hall–Kier alpha value is -0.690. The number of nitrogens with two attached hydrogens (primary N) is 1. The number of primary amides is 1. The van der Waals surface area contributed by atoms with Gasteiger partial charge in [-0.3, -0.25) is 4.79 Å². The fourth-order valence-electron chi connectivity index (χ4n) is 2.16. The largest absolute Gasteiger partial charge is 0.370 e. The average molecular weight is 271 g/mol. The summed E-state index contributed by atoms with van der Waals surface area (Å²) >= 11 is 0. The standard InChI is InChI=1S/C13H29N5O/c14-13(19)3-11-18-10-2-6-16-8-7-15-4-1-5-17-9-12-18/h15-17H,1-12H2,(H2,14,19). The highest BCUT2D eigenvalue weighted by atomic mass is 16.1. The van der Waals surface area contributed by atoms with Crippen LogP contribution in [0.4, 0.5) is 0 Å². The number of nitrogens with one attached hydrogen (secondary N) is 3. The molecule has 19 heavy (non-hydrogen) atoms. The van der Waals surface area contributed by atoms with Crippen molar-refractivity contribution in [3.05, 3.63) is 0 Å². The summed E-state index contributed by atoms with van der Waals surface area (Å²) in [6.45, 7) is 8.97. The number of carbonyl (C=O) groups excluding carboxylic acids is 1. The molecule has 0 spiro atoms. The van der Waals surface area contributed by atoms with E-state index >= 15 is 0 Å². The fourth-order valence-corrected chi connectivity index (χ4v) is 2.16. The van der Waals surface area contributed by atoms with Crippen molar-refractivity contribution in [1.29, 1.82) is 0 Å². The SMILES string of the molecule is NC(=O)CCN1CCCNCCNCCCNCC1. The summed E-state index contributed by atoms with van der Waals surface area (Å²) in [6, 6.07) is 0. The number of carbonyl (C=O) groups is 1. The minimum atomic E-state index is -0.212. The van der Waals surface area contributed by atoms with Crippen molar-refractivity contribution < 1.29 is 4.79 Å². The molecule has 6 nitrogen and oxygen atoms in total. The average Bonchev–Trinajstić information content (AvgIpc) is 2.39. The molecule has 1 heterocycles. The van der Waals surface area contributed by atoms with Crippen LogP contribution in [0.1, 0.15) is 19.3 Å². The first-order valence-corrected chi connectivity index (χ1v) is 7.42. The van der Waals surface area contributed by atoms with Gasteiger partial charge in [-0.15, -0.1) is 0 Å². The molecule has 1 saturated heterocycles. The minimum absolute atomic E-state index is 0.212. The maximum absolute atomic E-state index is 10.9. The van der Waals surface area contributed by atoms with Gasteiger partial charge in [0.25, 0.3) is 0 Å². The van der Waals surface area contributed by atoms with E-state index in [1.165, 1.54) is 0 Å². The van der Waals surface area contributed by atoms with Gasteiger partial charge in [0.05, 0.1) is 0 Å². The van der Waals surface area contributed by atoms with E-state index in [4.69, 9.17) is 5.73 Å². The van der Waals surface area contributed by atoms with Crippen LogP contribution in [0.2, 0.25) is 0 Å². The van der Waals surface area contributed by atoms with Crippen molar-refractivity contribution in [2.45, 2.75) is 19.3 Å². The predicted octanol–water partition coefficient (Wildman–Crippen LogP) is -1.27. The predicted molar refractivity (Wildman–Crippen MR) is 78.1 cm³/mol. The molecule has 0 aromatic rings. The first-order chi connectivity index (χ1) is 9.29. The molecule has 0 radical (unpaired) electrons. The van der Waals surface area contributed by atoms with Gasteiger partial charge in [-0.1, -0.05) is 0 Å². The van der Waals surface area contributed by atoms with E-state index in [1.54, 1.807) is 0 Å². The van der Waals surface area contributed by atoms with Gasteiger partial charge in [0.15, 0.2) is 0 Å². The molecule has 0 unspecified atom stereocenters. The molecule has 0 saturated carbocycles. The first kappa shape index (κ1) is 16.4. The Morgan fingerprint density at radius 1 is 0.895 bits per heavy atom. The summed E-state index contributed by atoms with van der Waals surface area (Å²) in [7, 11) is 0. The van der Waals surface area contributed by atoms with Crippen LogP contribution >= 0.6 is 0 Å². The quantitative estimate of drug-likeness (QED) is 0.514. The summed E-state index contributed by atoms with van der Waals surface area (Å²) in [5.74, 6) is -0.212. The van der Waals surface area contributed by atoms with E-state index in [2.05, 4.69) is 20.9 Å². The van der Waals surface area contributed by atoms with Crippen molar-refractivity contribution in [2.24, 2.45) is 5.73 Å². The molecule has 0 aromatic heterocycles. The Balaban J connectivity index is 2.25. The molecule has 5 N–H and O–H groups in total. The lowest BCUT2D eigenvalue weighted by Crippen LogP contribution is -2.38. The summed E-state index contributed by atoms with van der Waals surface area (Å²) in [5.41, 5.74) is 5.22. The van der Waals surface area contributed by atoms with Crippen LogP contribution in [-0.2, 0) is 4.79 Å². The molecular weight excluding hydrogens is 242 g/mol. The third-order valence-electron chi connectivity index (χ3n) is 3.29. The first-order valence-electron chi connectivity index (χ1n) is 7.42. The van der Waals surface area contributed by atoms with E-state index in [0.717, 1.165) is 71.7 Å². The van der Waals surface area contributed by atoms with Crippen LogP contribution in [-0.4, -0.2) is 69.7 Å². The molecule has 112 valence electrons. The van der Waals surface area contributed by atoms with Gasteiger partial charge in [-0.05, 0) is 39.0 Å². The number of rotatable bonds is 3. The monoisotopic (exact) mass is 271 g/mol. The summed E-state index contributed by atoms with van der Waals surface area (Å²) in [5, 5.41) is 10.3. The van der Waals surface area contributed by atoms with Crippen molar-refractivity contribution in [2.75, 3.05) is 58.9 Å². The van der Waals surface area contributed by atoms with Crippen molar-refractivity contribution in [3.8, 4) is 0 Å². The zero-order valence-corrected chi connectivity index (χ0v) is 11.9. The van der Waals surface area contributed by atoms with Crippen LogP contribution in [0, 0.1) is 0 Å². The lowest BCUT2D eigenvalue weighted by Gasteiger charge is -2.22. The Bertz CT molecular complexity index is 223. The molecule has 1 rings (SSSR count). The van der Waals surface area contributed by atoms with Crippen LogP contribution in [0.15, 0.2) is 0 Å². The number of hydrogen-bond acceptors (Lipinski definition) is 5. The second kappa shape index (κ2) is 11.2. The highest BCUT2D eigenvalue weighted by molar-refractivity contribution is 5.73. The van der Waals surface area contributed by atoms with E-state index < -0.39 is 0 Å². The molecule has 1 aliphatic rings. The second-order valence-corrected chi connectivity index (χ2v) is 5.02. The molecule has 0 bridgehead atoms. The van der Waals surface area contributed by atoms with Gasteiger partial charge in [-0.25, -0.2) is 0 Å². The van der Waals surface area contributed by atoms with Crippen LogP contribution in [0.3, 0.4) is 0 Å². The van der Waals surface area contributed by atoms with E-state index in [0.29, 0.717) is 6.42 Å².